The summed E-state index contributed by atoms with van der Waals surface area (Å²) in [6, 6.07) is 1.83. The standard InChI is InChI=1S/C9H14ClN3/c1-2-4-12-9-8(10)7(6-11)3-5-13-9/h3,5H,2,4,6,11H2,1H3,(H,12,13). The van der Waals surface area contributed by atoms with E-state index >= 15 is 0 Å². The molecule has 3 N–H and O–H groups in total. The predicted octanol–water partition coefficient (Wildman–Crippen LogP) is 2.02. The van der Waals surface area contributed by atoms with Crippen molar-refractivity contribution in [2.24, 2.45) is 5.73 Å². The van der Waals surface area contributed by atoms with Crippen LogP contribution in [-0.2, 0) is 6.54 Å². The van der Waals surface area contributed by atoms with Gasteiger partial charge in [0.1, 0.15) is 5.82 Å². The molecule has 0 saturated carbocycles. The number of nitrogens with one attached hydrogen (secondary N) is 1. The van der Waals surface area contributed by atoms with Gasteiger partial charge in [-0.3, -0.25) is 0 Å². The quantitative estimate of drug-likeness (QED) is 0.780. The average molecular weight is 200 g/mol. The van der Waals surface area contributed by atoms with Crippen molar-refractivity contribution in [2.75, 3.05) is 11.9 Å². The van der Waals surface area contributed by atoms with Crippen LogP contribution in [0.3, 0.4) is 0 Å². The predicted molar refractivity (Wildman–Crippen MR) is 55.9 cm³/mol. The van der Waals surface area contributed by atoms with Crippen LogP contribution in [-0.4, -0.2) is 11.5 Å². The van der Waals surface area contributed by atoms with Gasteiger partial charge in [0.25, 0.3) is 0 Å². The first-order valence-corrected chi connectivity index (χ1v) is 4.74. The van der Waals surface area contributed by atoms with Crippen LogP contribution in [0.4, 0.5) is 5.82 Å². The Labute approximate surface area is 83.3 Å². The SMILES string of the molecule is CCCNc1nccc(CN)c1Cl. The Hall–Kier alpha value is -0.800. The number of halogens is 1. The fraction of sp³-hybridized carbons (Fsp3) is 0.444. The van der Waals surface area contributed by atoms with Crippen molar-refractivity contribution in [1.82, 2.24) is 4.98 Å². The molecule has 0 atom stereocenters. The van der Waals surface area contributed by atoms with E-state index in [9.17, 15) is 0 Å². The first kappa shape index (κ1) is 10.3. The van der Waals surface area contributed by atoms with Crippen molar-refractivity contribution in [3.8, 4) is 0 Å². The molecule has 0 aliphatic heterocycles. The fourth-order valence-electron chi connectivity index (χ4n) is 1.01. The van der Waals surface area contributed by atoms with E-state index in [4.69, 9.17) is 17.3 Å². The molecule has 0 unspecified atom stereocenters. The second kappa shape index (κ2) is 5.04. The van der Waals surface area contributed by atoms with Crippen molar-refractivity contribution in [3.05, 3.63) is 22.8 Å². The van der Waals surface area contributed by atoms with Crippen molar-refractivity contribution < 1.29 is 0 Å². The Morgan fingerprint density at radius 2 is 2.38 bits per heavy atom. The van der Waals surface area contributed by atoms with Crippen LogP contribution < -0.4 is 11.1 Å². The van der Waals surface area contributed by atoms with Crippen LogP contribution in [0.25, 0.3) is 0 Å². The molecule has 72 valence electrons. The summed E-state index contributed by atoms with van der Waals surface area (Å²) in [4.78, 5) is 4.13. The lowest BCUT2D eigenvalue weighted by Gasteiger charge is -2.08. The first-order chi connectivity index (χ1) is 6.29. The molecule has 0 fully saturated rings. The van der Waals surface area contributed by atoms with Crippen LogP contribution in [0.2, 0.25) is 5.02 Å². The lowest BCUT2D eigenvalue weighted by molar-refractivity contribution is 0.964. The first-order valence-electron chi connectivity index (χ1n) is 4.37. The summed E-state index contributed by atoms with van der Waals surface area (Å²) >= 11 is 6.04. The third-order valence-electron chi connectivity index (χ3n) is 1.73. The van der Waals surface area contributed by atoms with Crippen molar-refractivity contribution in [2.45, 2.75) is 19.9 Å². The lowest BCUT2D eigenvalue weighted by Crippen LogP contribution is -2.05. The van der Waals surface area contributed by atoms with Crippen molar-refractivity contribution >= 4 is 17.4 Å². The van der Waals surface area contributed by atoms with Gasteiger partial charge in [-0.05, 0) is 18.1 Å². The second-order valence-electron chi connectivity index (χ2n) is 2.76. The number of hydrogen-bond donors (Lipinski definition) is 2. The minimum absolute atomic E-state index is 0.447. The van der Waals surface area contributed by atoms with Crippen LogP contribution in [0.1, 0.15) is 18.9 Å². The van der Waals surface area contributed by atoms with E-state index in [-0.39, 0.29) is 0 Å². The van der Waals surface area contributed by atoms with Gasteiger partial charge in [0, 0.05) is 19.3 Å². The van der Waals surface area contributed by atoms with Gasteiger partial charge in [0.05, 0.1) is 5.02 Å². The lowest BCUT2D eigenvalue weighted by atomic mass is 10.2. The van der Waals surface area contributed by atoms with Crippen LogP contribution >= 0.6 is 11.6 Å². The molecule has 3 nitrogen and oxygen atoms in total. The van der Waals surface area contributed by atoms with Gasteiger partial charge in [-0.15, -0.1) is 0 Å². The molecule has 1 aromatic rings. The molecule has 4 heteroatoms. The molecule has 0 saturated heterocycles. The molecule has 0 radical (unpaired) electrons. The molecule has 0 amide bonds. The van der Waals surface area contributed by atoms with E-state index in [0.717, 1.165) is 24.3 Å². The molecule has 0 spiro atoms. The topological polar surface area (TPSA) is 50.9 Å². The maximum Gasteiger partial charge on any atom is 0.145 e. The van der Waals surface area contributed by atoms with Crippen molar-refractivity contribution in [1.29, 1.82) is 0 Å². The molecule has 1 rings (SSSR count). The Kier molecular flexibility index (Phi) is 3.99. The van der Waals surface area contributed by atoms with Gasteiger partial charge in [-0.25, -0.2) is 4.98 Å². The minimum Gasteiger partial charge on any atom is -0.369 e. The molecular formula is C9H14ClN3. The van der Waals surface area contributed by atoms with Crippen LogP contribution in [0.5, 0.6) is 0 Å². The van der Waals surface area contributed by atoms with E-state index < -0.39 is 0 Å². The summed E-state index contributed by atoms with van der Waals surface area (Å²) in [6.07, 6.45) is 2.76. The number of nitrogens with zero attached hydrogens (tertiary/aromatic N) is 1. The minimum atomic E-state index is 0.447. The van der Waals surface area contributed by atoms with Gasteiger partial charge in [0.15, 0.2) is 0 Å². The molecule has 0 aliphatic carbocycles. The Morgan fingerprint density at radius 3 is 3.00 bits per heavy atom. The van der Waals surface area contributed by atoms with E-state index in [1.165, 1.54) is 0 Å². The van der Waals surface area contributed by atoms with E-state index in [1.54, 1.807) is 6.20 Å². The highest BCUT2D eigenvalue weighted by molar-refractivity contribution is 6.33. The smallest absolute Gasteiger partial charge is 0.145 e. The molecular weight excluding hydrogens is 186 g/mol. The number of aromatic nitrogens is 1. The number of pyridine rings is 1. The maximum absolute atomic E-state index is 6.04. The summed E-state index contributed by atoms with van der Waals surface area (Å²) < 4.78 is 0. The molecule has 0 bridgehead atoms. The molecule has 0 aliphatic rings. The van der Waals surface area contributed by atoms with E-state index in [2.05, 4.69) is 17.2 Å². The molecule has 1 heterocycles. The molecule has 13 heavy (non-hydrogen) atoms. The summed E-state index contributed by atoms with van der Waals surface area (Å²) in [5.41, 5.74) is 6.43. The normalized spacial score (nSPS) is 10.1. The van der Waals surface area contributed by atoms with Crippen LogP contribution in [0, 0.1) is 0 Å². The largest absolute Gasteiger partial charge is 0.369 e. The third kappa shape index (κ3) is 2.57. The maximum atomic E-state index is 6.04. The number of rotatable bonds is 4. The summed E-state index contributed by atoms with van der Waals surface area (Å²) in [6.45, 7) is 3.41. The Morgan fingerprint density at radius 1 is 1.62 bits per heavy atom. The van der Waals surface area contributed by atoms with Gasteiger partial charge in [0.2, 0.25) is 0 Å². The number of anilines is 1. The van der Waals surface area contributed by atoms with Gasteiger partial charge >= 0.3 is 0 Å². The zero-order chi connectivity index (χ0) is 9.68. The van der Waals surface area contributed by atoms with E-state index in [0.29, 0.717) is 11.6 Å². The number of nitrogens with two attached hydrogens (primary N) is 1. The van der Waals surface area contributed by atoms with Gasteiger partial charge in [-0.1, -0.05) is 18.5 Å². The third-order valence-corrected chi connectivity index (χ3v) is 2.15. The van der Waals surface area contributed by atoms with E-state index in [1.807, 2.05) is 6.07 Å². The van der Waals surface area contributed by atoms with Crippen LogP contribution in [0.15, 0.2) is 12.3 Å². The fourth-order valence-corrected chi connectivity index (χ4v) is 1.26. The van der Waals surface area contributed by atoms with Gasteiger partial charge < -0.3 is 11.1 Å². The zero-order valence-electron chi connectivity index (χ0n) is 7.68. The highest BCUT2D eigenvalue weighted by Gasteiger charge is 2.04. The molecule has 1 aromatic heterocycles. The van der Waals surface area contributed by atoms with Crippen molar-refractivity contribution in [3.63, 3.8) is 0 Å². The average Bonchev–Trinajstić information content (AvgIpc) is 2.16. The Bertz CT molecular complexity index is 276. The highest BCUT2D eigenvalue weighted by atomic mass is 35.5. The summed E-state index contributed by atoms with van der Waals surface area (Å²) in [5.74, 6) is 0.728. The summed E-state index contributed by atoms with van der Waals surface area (Å²) in [5, 5.41) is 3.78. The monoisotopic (exact) mass is 199 g/mol. The highest BCUT2D eigenvalue weighted by Crippen LogP contribution is 2.22. The molecule has 0 aromatic carbocycles. The summed E-state index contributed by atoms with van der Waals surface area (Å²) in [7, 11) is 0. The second-order valence-corrected chi connectivity index (χ2v) is 3.14. The Balaban J connectivity index is 2.81. The number of hydrogen-bond acceptors (Lipinski definition) is 3. The van der Waals surface area contributed by atoms with Gasteiger partial charge in [-0.2, -0.15) is 0 Å². The zero-order valence-corrected chi connectivity index (χ0v) is 8.43.